The molecule has 0 aliphatic carbocycles. The minimum atomic E-state index is 0.0824. The number of amides is 1. The number of carbonyl (C=O) groups excluding carboxylic acids is 1. The summed E-state index contributed by atoms with van der Waals surface area (Å²) in [4.78, 5) is 28.3. The highest BCUT2D eigenvalue weighted by Gasteiger charge is 2.26. The number of anilines is 1. The maximum atomic E-state index is 12.7. The van der Waals surface area contributed by atoms with Gasteiger partial charge in [-0.3, -0.25) is 4.79 Å². The summed E-state index contributed by atoms with van der Waals surface area (Å²) in [7, 11) is 0. The molecule has 30 heavy (non-hydrogen) atoms. The Bertz CT molecular complexity index is 1160. The number of pyridine rings is 1. The van der Waals surface area contributed by atoms with Crippen molar-refractivity contribution in [1.29, 1.82) is 0 Å². The third-order valence-corrected chi connectivity index (χ3v) is 6.95. The molecule has 6 nitrogen and oxygen atoms in total. The Morgan fingerprint density at radius 3 is 3.00 bits per heavy atom. The van der Waals surface area contributed by atoms with Crippen molar-refractivity contribution >= 4 is 43.6 Å². The lowest BCUT2D eigenvalue weighted by Crippen LogP contribution is -2.41. The van der Waals surface area contributed by atoms with Gasteiger partial charge in [-0.15, -0.1) is 0 Å². The van der Waals surface area contributed by atoms with E-state index in [0.29, 0.717) is 6.54 Å². The van der Waals surface area contributed by atoms with Crippen LogP contribution in [0.1, 0.15) is 24.0 Å². The highest BCUT2D eigenvalue weighted by molar-refractivity contribution is 7.21. The number of aromatic nitrogens is 3. The molecule has 5 rings (SSSR count). The summed E-state index contributed by atoms with van der Waals surface area (Å²) in [6.07, 6.45) is 6.43. The zero-order valence-corrected chi connectivity index (χ0v) is 17.8. The van der Waals surface area contributed by atoms with Gasteiger partial charge in [0.15, 0.2) is 5.13 Å². The summed E-state index contributed by atoms with van der Waals surface area (Å²) in [6, 6.07) is 10.3. The van der Waals surface area contributed by atoms with Gasteiger partial charge in [-0.2, -0.15) is 0 Å². The number of fused-ring (bicyclic) bond motifs is 2. The van der Waals surface area contributed by atoms with Gasteiger partial charge in [0.2, 0.25) is 5.91 Å². The predicted molar refractivity (Wildman–Crippen MR) is 122 cm³/mol. The molecule has 1 fully saturated rings. The van der Waals surface area contributed by atoms with Gasteiger partial charge >= 0.3 is 0 Å². The summed E-state index contributed by atoms with van der Waals surface area (Å²) >= 11 is 1.63. The molecule has 1 aromatic carbocycles. The van der Waals surface area contributed by atoms with Gasteiger partial charge in [-0.05, 0) is 56.0 Å². The zero-order valence-electron chi connectivity index (χ0n) is 17.0. The number of piperidine rings is 1. The van der Waals surface area contributed by atoms with Gasteiger partial charge < -0.3 is 15.2 Å². The smallest absolute Gasteiger partial charge is 0.223 e. The fourth-order valence-corrected chi connectivity index (χ4v) is 5.15. The van der Waals surface area contributed by atoms with Crippen molar-refractivity contribution in [3.05, 3.63) is 53.9 Å². The first kappa shape index (κ1) is 19.1. The number of thiazole rings is 1. The second-order valence-corrected chi connectivity index (χ2v) is 8.95. The molecule has 0 saturated carbocycles. The van der Waals surface area contributed by atoms with E-state index in [1.54, 1.807) is 17.5 Å². The van der Waals surface area contributed by atoms with Crippen molar-refractivity contribution in [1.82, 2.24) is 20.3 Å². The average molecular weight is 420 g/mol. The third-order valence-electron chi connectivity index (χ3n) is 5.91. The van der Waals surface area contributed by atoms with E-state index in [-0.39, 0.29) is 11.8 Å². The molecule has 0 spiro atoms. The van der Waals surface area contributed by atoms with E-state index < -0.39 is 0 Å². The monoisotopic (exact) mass is 419 g/mol. The van der Waals surface area contributed by atoms with Gasteiger partial charge in [0.05, 0.1) is 0 Å². The minimum Gasteiger partial charge on any atom is -0.361 e. The van der Waals surface area contributed by atoms with E-state index in [1.807, 2.05) is 12.1 Å². The fraction of sp³-hybridized carbons (Fsp3) is 0.348. The van der Waals surface area contributed by atoms with Crippen LogP contribution in [0.2, 0.25) is 0 Å². The first-order valence-corrected chi connectivity index (χ1v) is 11.3. The molecule has 4 aromatic rings. The van der Waals surface area contributed by atoms with Crippen LogP contribution >= 0.6 is 11.3 Å². The number of hydrogen-bond acceptors (Lipinski definition) is 5. The zero-order chi connectivity index (χ0) is 20.5. The molecule has 154 valence electrons. The molecule has 0 atom stereocenters. The maximum Gasteiger partial charge on any atom is 0.223 e. The number of carbonyl (C=O) groups is 1. The van der Waals surface area contributed by atoms with E-state index in [2.05, 4.69) is 51.5 Å². The molecule has 1 saturated heterocycles. The van der Waals surface area contributed by atoms with E-state index in [0.717, 1.165) is 53.3 Å². The number of aromatic amines is 1. The van der Waals surface area contributed by atoms with Crippen LogP contribution in [0, 0.1) is 12.8 Å². The average Bonchev–Trinajstić information content (AvgIpc) is 3.38. The van der Waals surface area contributed by atoms with Gasteiger partial charge in [0.25, 0.3) is 0 Å². The number of aryl methyl sites for hydroxylation is 1. The summed E-state index contributed by atoms with van der Waals surface area (Å²) in [5.41, 5.74) is 4.61. The van der Waals surface area contributed by atoms with E-state index in [9.17, 15) is 4.79 Å². The fourth-order valence-electron chi connectivity index (χ4n) is 4.19. The third kappa shape index (κ3) is 3.77. The van der Waals surface area contributed by atoms with Crippen LogP contribution in [0.15, 0.2) is 42.7 Å². The summed E-state index contributed by atoms with van der Waals surface area (Å²) < 4.78 is 0. The Labute approximate surface area is 179 Å². The van der Waals surface area contributed by atoms with E-state index >= 15 is 0 Å². The van der Waals surface area contributed by atoms with Crippen LogP contribution in [0.4, 0.5) is 5.13 Å². The lowest BCUT2D eigenvalue weighted by atomic mass is 9.96. The van der Waals surface area contributed by atoms with Gasteiger partial charge in [-0.1, -0.05) is 23.0 Å². The van der Waals surface area contributed by atoms with Crippen molar-refractivity contribution in [2.45, 2.75) is 26.2 Å². The second-order valence-electron chi connectivity index (χ2n) is 7.99. The molecule has 4 heterocycles. The topological polar surface area (TPSA) is 73.9 Å². The van der Waals surface area contributed by atoms with Crippen molar-refractivity contribution in [3.63, 3.8) is 0 Å². The van der Waals surface area contributed by atoms with Crippen LogP contribution in [0.5, 0.6) is 0 Å². The van der Waals surface area contributed by atoms with E-state index in [1.165, 1.54) is 16.5 Å². The standard InChI is InChI=1S/C23H25N5OS/c1-15-4-5-19-18(13-15)17(14-26-19)6-10-24-21(29)16-7-11-28(12-8-16)23-27-20-3-2-9-25-22(20)30-23/h2-5,9,13-14,16,26H,6-8,10-12H2,1H3,(H,24,29). The summed E-state index contributed by atoms with van der Waals surface area (Å²) in [5.74, 6) is 0.260. The van der Waals surface area contributed by atoms with Crippen molar-refractivity contribution in [2.24, 2.45) is 5.92 Å². The summed E-state index contributed by atoms with van der Waals surface area (Å²) in [6.45, 7) is 4.50. The molecule has 7 heteroatoms. The van der Waals surface area contributed by atoms with E-state index in [4.69, 9.17) is 4.98 Å². The number of nitrogens with zero attached hydrogens (tertiary/aromatic N) is 3. The van der Waals surface area contributed by atoms with Crippen LogP contribution in [-0.2, 0) is 11.2 Å². The molecular weight excluding hydrogens is 394 g/mol. The Morgan fingerprint density at radius 2 is 2.17 bits per heavy atom. The van der Waals surface area contributed by atoms with Gasteiger partial charge in [0, 0.05) is 48.8 Å². The first-order chi connectivity index (χ1) is 14.7. The molecule has 3 aromatic heterocycles. The predicted octanol–water partition coefficient (Wildman–Crippen LogP) is 4.06. The number of nitrogens with one attached hydrogen (secondary N) is 2. The Morgan fingerprint density at radius 1 is 1.30 bits per heavy atom. The maximum absolute atomic E-state index is 12.7. The van der Waals surface area contributed by atoms with Gasteiger partial charge in [-0.25, -0.2) is 9.97 Å². The molecule has 0 bridgehead atoms. The Balaban J connectivity index is 1.13. The number of H-pyrrole nitrogens is 1. The van der Waals surface area contributed by atoms with Crippen LogP contribution in [0.25, 0.3) is 21.3 Å². The number of rotatable bonds is 5. The molecule has 2 N–H and O–H groups in total. The molecule has 1 amide bonds. The van der Waals surface area contributed by atoms with Crippen LogP contribution < -0.4 is 10.2 Å². The molecule has 0 unspecified atom stereocenters. The Kier molecular flexibility index (Phi) is 5.12. The SMILES string of the molecule is Cc1ccc2[nH]cc(CCNC(=O)C3CCN(c4nc5cccnc5s4)CC3)c2c1. The van der Waals surface area contributed by atoms with Crippen molar-refractivity contribution in [2.75, 3.05) is 24.5 Å². The molecule has 0 radical (unpaired) electrons. The van der Waals surface area contributed by atoms with Crippen LogP contribution in [0.3, 0.4) is 0 Å². The number of benzene rings is 1. The molecular formula is C23H25N5OS. The lowest BCUT2D eigenvalue weighted by molar-refractivity contribution is -0.125. The Hall–Kier alpha value is -2.93. The molecule has 1 aliphatic heterocycles. The number of hydrogen-bond donors (Lipinski definition) is 2. The second kappa shape index (κ2) is 8.07. The largest absolute Gasteiger partial charge is 0.361 e. The molecule has 1 aliphatic rings. The van der Waals surface area contributed by atoms with Gasteiger partial charge in [0.1, 0.15) is 10.3 Å². The quantitative estimate of drug-likeness (QED) is 0.512. The van der Waals surface area contributed by atoms with Crippen molar-refractivity contribution < 1.29 is 4.79 Å². The van der Waals surface area contributed by atoms with Crippen LogP contribution in [-0.4, -0.2) is 40.5 Å². The highest BCUT2D eigenvalue weighted by Crippen LogP contribution is 2.30. The first-order valence-electron chi connectivity index (χ1n) is 10.5. The highest BCUT2D eigenvalue weighted by atomic mass is 32.1. The van der Waals surface area contributed by atoms with Crippen molar-refractivity contribution in [3.8, 4) is 0 Å². The minimum absolute atomic E-state index is 0.0824. The lowest BCUT2D eigenvalue weighted by Gasteiger charge is -2.31. The summed E-state index contributed by atoms with van der Waals surface area (Å²) in [5, 5.41) is 5.42. The normalized spacial score (nSPS) is 15.2.